The molecule has 0 saturated carbocycles. The molecule has 1 aliphatic rings. The van der Waals surface area contributed by atoms with Crippen molar-refractivity contribution in [3.63, 3.8) is 0 Å². The molecule has 0 unspecified atom stereocenters. The molecule has 1 fully saturated rings. The number of benzene rings is 1. The highest BCUT2D eigenvalue weighted by atomic mass is 35.5. The lowest BCUT2D eigenvalue weighted by molar-refractivity contribution is 0.142. The number of rotatable bonds is 2. The molecule has 18 heavy (non-hydrogen) atoms. The van der Waals surface area contributed by atoms with Crippen molar-refractivity contribution in [2.45, 2.75) is 19.5 Å². The molecule has 2 aromatic rings. The standard InChI is InChI=1S/C14H16ClN3/c1-9-2-3-10-5-11(6-18-7-12(16)8-18)14(15)17-13(10)4-9/h2-5,12H,6-8,16H2,1H3. The summed E-state index contributed by atoms with van der Waals surface area (Å²) < 4.78 is 0. The van der Waals surface area contributed by atoms with Crippen molar-refractivity contribution < 1.29 is 0 Å². The molecular formula is C14H16ClN3. The zero-order chi connectivity index (χ0) is 12.7. The third kappa shape index (κ3) is 2.21. The lowest BCUT2D eigenvalue weighted by Crippen LogP contribution is -2.54. The van der Waals surface area contributed by atoms with E-state index in [1.165, 1.54) is 5.56 Å². The summed E-state index contributed by atoms with van der Waals surface area (Å²) in [7, 11) is 0. The Labute approximate surface area is 112 Å². The number of likely N-dealkylation sites (tertiary alicyclic amines) is 1. The number of aryl methyl sites for hydroxylation is 1. The van der Waals surface area contributed by atoms with Crippen LogP contribution in [0.25, 0.3) is 10.9 Å². The summed E-state index contributed by atoms with van der Waals surface area (Å²) in [6.45, 7) is 4.79. The first-order valence-corrected chi connectivity index (χ1v) is 6.53. The van der Waals surface area contributed by atoms with E-state index in [-0.39, 0.29) is 0 Å². The van der Waals surface area contributed by atoms with E-state index in [1.54, 1.807) is 0 Å². The summed E-state index contributed by atoms with van der Waals surface area (Å²) in [5.74, 6) is 0. The molecule has 1 saturated heterocycles. The number of halogens is 1. The fraction of sp³-hybridized carbons (Fsp3) is 0.357. The number of hydrogen-bond acceptors (Lipinski definition) is 3. The van der Waals surface area contributed by atoms with Gasteiger partial charge in [-0.15, -0.1) is 0 Å². The lowest BCUT2D eigenvalue weighted by atomic mass is 10.1. The van der Waals surface area contributed by atoms with Crippen molar-refractivity contribution in [3.05, 3.63) is 40.5 Å². The normalized spacial score (nSPS) is 17.1. The summed E-state index contributed by atoms with van der Waals surface area (Å²) in [5.41, 5.74) is 9.02. The Bertz CT molecular complexity index is 591. The number of hydrogen-bond donors (Lipinski definition) is 1. The predicted octanol–water partition coefficient (Wildman–Crippen LogP) is 2.34. The fourth-order valence-electron chi connectivity index (χ4n) is 2.39. The highest BCUT2D eigenvalue weighted by molar-refractivity contribution is 6.30. The van der Waals surface area contributed by atoms with Crippen LogP contribution in [0.2, 0.25) is 5.15 Å². The zero-order valence-corrected chi connectivity index (χ0v) is 11.1. The largest absolute Gasteiger partial charge is 0.325 e. The van der Waals surface area contributed by atoms with Gasteiger partial charge in [0.2, 0.25) is 0 Å². The maximum atomic E-state index is 6.25. The minimum absolute atomic E-state index is 0.319. The van der Waals surface area contributed by atoms with Crippen molar-refractivity contribution in [3.8, 4) is 0 Å². The van der Waals surface area contributed by atoms with Crippen LogP contribution in [-0.2, 0) is 6.54 Å². The molecule has 0 spiro atoms. The Morgan fingerprint density at radius 3 is 2.89 bits per heavy atom. The molecule has 0 radical (unpaired) electrons. The first kappa shape index (κ1) is 11.9. The molecule has 4 heteroatoms. The minimum atomic E-state index is 0.319. The van der Waals surface area contributed by atoms with Gasteiger partial charge < -0.3 is 5.73 Å². The molecule has 1 aromatic carbocycles. The third-order valence-electron chi connectivity index (χ3n) is 3.38. The second-order valence-corrected chi connectivity index (χ2v) is 5.45. The van der Waals surface area contributed by atoms with Gasteiger partial charge in [0.25, 0.3) is 0 Å². The smallest absolute Gasteiger partial charge is 0.134 e. The van der Waals surface area contributed by atoms with Crippen LogP contribution in [0, 0.1) is 6.92 Å². The van der Waals surface area contributed by atoms with Gasteiger partial charge in [0.1, 0.15) is 5.15 Å². The molecule has 0 atom stereocenters. The molecular weight excluding hydrogens is 246 g/mol. The maximum absolute atomic E-state index is 6.25. The van der Waals surface area contributed by atoms with Crippen molar-refractivity contribution in [1.29, 1.82) is 0 Å². The third-order valence-corrected chi connectivity index (χ3v) is 3.71. The number of nitrogens with two attached hydrogens (primary N) is 1. The van der Waals surface area contributed by atoms with E-state index >= 15 is 0 Å². The van der Waals surface area contributed by atoms with E-state index in [4.69, 9.17) is 17.3 Å². The van der Waals surface area contributed by atoms with E-state index < -0.39 is 0 Å². The van der Waals surface area contributed by atoms with Gasteiger partial charge in [-0.3, -0.25) is 4.90 Å². The van der Waals surface area contributed by atoms with Gasteiger partial charge >= 0.3 is 0 Å². The number of pyridine rings is 1. The van der Waals surface area contributed by atoms with Gasteiger partial charge in [-0.2, -0.15) is 0 Å². The monoisotopic (exact) mass is 261 g/mol. The fourth-order valence-corrected chi connectivity index (χ4v) is 2.59. The Morgan fingerprint density at radius 2 is 2.17 bits per heavy atom. The Balaban J connectivity index is 1.92. The maximum Gasteiger partial charge on any atom is 0.134 e. The van der Waals surface area contributed by atoms with Crippen molar-refractivity contribution in [2.24, 2.45) is 5.73 Å². The van der Waals surface area contributed by atoms with E-state index in [0.29, 0.717) is 11.2 Å². The predicted molar refractivity (Wildman–Crippen MR) is 74.7 cm³/mol. The number of aromatic nitrogens is 1. The van der Waals surface area contributed by atoms with Crippen LogP contribution < -0.4 is 5.73 Å². The Morgan fingerprint density at radius 1 is 1.39 bits per heavy atom. The van der Waals surface area contributed by atoms with Gasteiger partial charge in [0, 0.05) is 36.6 Å². The lowest BCUT2D eigenvalue weighted by Gasteiger charge is -2.36. The number of fused-ring (bicyclic) bond motifs is 1. The molecule has 3 nitrogen and oxygen atoms in total. The molecule has 1 aliphatic heterocycles. The van der Waals surface area contributed by atoms with Crippen LogP contribution in [0.15, 0.2) is 24.3 Å². The van der Waals surface area contributed by atoms with Crippen LogP contribution in [0.5, 0.6) is 0 Å². The quantitative estimate of drug-likeness (QED) is 0.844. The van der Waals surface area contributed by atoms with Crippen LogP contribution in [0.4, 0.5) is 0 Å². The van der Waals surface area contributed by atoms with E-state index in [0.717, 1.165) is 36.1 Å². The van der Waals surface area contributed by atoms with Crippen LogP contribution in [0.1, 0.15) is 11.1 Å². The van der Waals surface area contributed by atoms with Crippen LogP contribution in [-0.4, -0.2) is 29.0 Å². The molecule has 2 heterocycles. The van der Waals surface area contributed by atoms with E-state index in [2.05, 4.69) is 41.1 Å². The van der Waals surface area contributed by atoms with Crippen molar-refractivity contribution >= 4 is 22.5 Å². The summed E-state index contributed by atoms with van der Waals surface area (Å²) >= 11 is 6.25. The summed E-state index contributed by atoms with van der Waals surface area (Å²) in [6.07, 6.45) is 0. The summed E-state index contributed by atoms with van der Waals surface area (Å²) in [4.78, 5) is 6.76. The highest BCUT2D eigenvalue weighted by Gasteiger charge is 2.23. The molecule has 2 N–H and O–H groups in total. The van der Waals surface area contributed by atoms with Crippen LogP contribution in [0.3, 0.4) is 0 Å². The van der Waals surface area contributed by atoms with Crippen molar-refractivity contribution in [2.75, 3.05) is 13.1 Å². The van der Waals surface area contributed by atoms with Gasteiger partial charge in [-0.25, -0.2) is 4.98 Å². The first-order valence-electron chi connectivity index (χ1n) is 6.15. The number of nitrogens with zero attached hydrogens (tertiary/aromatic N) is 2. The van der Waals surface area contributed by atoms with Crippen LogP contribution >= 0.6 is 11.6 Å². The van der Waals surface area contributed by atoms with E-state index in [1.807, 2.05) is 0 Å². The van der Waals surface area contributed by atoms with Gasteiger partial charge in [0.15, 0.2) is 0 Å². The summed E-state index contributed by atoms with van der Waals surface area (Å²) in [5, 5.41) is 1.75. The Kier molecular flexibility index (Phi) is 2.98. The zero-order valence-electron chi connectivity index (χ0n) is 10.4. The second kappa shape index (κ2) is 4.50. The van der Waals surface area contributed by atoms with Gasteiger partial charge in [-0.05, 0) is 24.6 Å². The highest BCUT2D eigenvalue weighted by Crippen LogP contribution is 2.24. The molecule has 3 rings (SSSR count). The van der Waals surface area contributed by atoms with Crippen molar-refractivity contribution in [1.82, 2.24) is 9.88 Å². The van der Waals surface area contributed by atoms with Gasteiger partial charge in [-0.1, -0.05) is 23.7 Å². The topological polar surface area (TPSA) is 42.1 Å². The Hall–Kier alpha value is -1.16. The average Bonchev–Trinajstić information content (AvgIpc) is 2.28. The molecule has 1 aromatic heterocycles. The average molecular weight is 262 g/mol. The SMILES string of the molecule is Cc1ccc2cc(CN3CC(N)C3)c(Cl)nc2c1. The molecule has 0 bridgehead atoms. The van der Waals surface area contributed by atoms with E-state index in [9.17, 15) is 0 Å². The minimum Gasteiger partial charge on any atom is -0.325 e. The molecule has 0 amide bonds. The molecule has 0 aliphatic carbocycles. The second-order valence-electron chi connectivity index (χ2n) is 5.09. The first-order chi connectivity index (χ1) is 8.61. The van der Waals surface area contributed by atoms with Gasteiger partial charge in [0.05, 0.1) is 5.52 Å². The summed E-state index contributed by atoms with van der Waals surface area (Å²) in [6, 6.07) is 8.71. The molecule has 94 valence electrons.